The maximum absolute atomic E-state index is 13.0. The molecule has 1 heterocycles. The van der Waals surface area contributed by atoms with Crippen LogP contribution in [-0.4, -0.2) is 23.5 Å². The molecule has 1 saturated heterocycles. The number of nitrogens with zero attached hydrogens (tertiary/aromatic N) is 1. The van der Waals surface area contributed by atoms with E-state index in [1.54, 1.807) is 12.1 Å². The molecule has 3 atom stereocenters. The molecule has 2 N–H and O–H groups in total. The molecule has 2 nitrogen and oxygen atoms in total. The van der Waals surface area contributed by atoms with Crippen LogP contribution in [-0.2, 0) is 0 Å². The Labute approximate surface area is 115 Å². The van der Waals surface area contributed by atoms with Crippen LogP contribution in [0.1, 0.15) is 45.2 Å². The monoisotopic (exact) mass is 264 g/mol. The highest BCUT2D eigenvalue weighted by Crippen LogP contribution is 2.30. The lowest BCUT2D eigenvalue weighted by Gasteiger charge is -2.36. The topological polar surface area (TPSA) is 29.3 Å². The molecule has 1 aliphatic rings. The largest absolute Gasteiger partial charge is 0.323 e. The van der Waals surface area contributed by atoms with E-state index in [1.807, 2.05) is 0 Å². The van der Waals surface area contributed by atoms with Gasteiger partial charge in [-0.15, -0.1) is 0 Å². The first-order valence-electron chi connectivity index (χ1n) is 7.27. The highest BCUT2D eigenvalue weighted by atomic mass is 19.1. The Kier molecular flexibility index (Phi) is 4.58. The van der Waals surface area contributed by atoms with Crippen molar-refractivity contribution < 1.29 is 4.39 Å². The van der Waals surface area contributed by atoms with Gasteiger partial charge in [0.15, 0.2) is 0 Å². The Morgan fingerprint density at radius 3 is 2.42 bits per heavy atom. The number of hydrogen-bond acceptors (Lipinski definition) is 2. The number of hydrogen-bond donors (Lipinski definition) is 1. The molecule has 0 radical (unpaired) electrons. The summed E-state index contributed by atoms with van der Waals surface area (Å²) in [5, 5.41) is 0. The zero-order chi connectivity index (χ0) is 14.0. The van der Waals surface area contributed by atoms with Crippen LogP contribution in [0.25, 0.3) is 0 Å². The molecule has 0 saturated carbocycles. The number of nitrogens with two attached hydrogens (primary N) is 1. The average molecular weight is 264 g/mol. The normalized spacial score (nSPS) is 23.8. The molecule has 1 aliphatic heterocycles. The first kappa shape index (κ1) is 14.5. The Morgan fingerprint density at radius 1 is 1.21 bits per heavy atom. The van der Waals surface area contributed by atoms with Crippen molar-refractivity contribution in [2.45, 2.75) is 51.7 Å². The van der Waals surface area contributed by atoms with E-state index < -0.39 is 0 Å². The number of benzene rings is 1. The second-order valence-corrected chi connectivity index (χ2v) is 6.01. The van der Waals surface area contributed by atoms with Gasteiger partial charge in [0.05, 0.1) is 0 Å². The SMILES string of the molecule is CC(C)C1CCCN1C(C)C(N)c1ccc(F)cc1. The van der Waals surface area contributed by atoms with Crippen LogP contribution in [0.15, 0.2) is 24.3 Å². The van der Waals surface area contributed by atoms with Gasteiger partial charge in [-0.1, -0.05) is 26.0 Å². The minimum atomic E-state index is -0.204. The summed E-state index contributed by atoms with van der Waals surface area (Å²) in [5.41, 5.74) is 7.38. The quantitative estimate of drug-likeness (QED) is 0.903. The molecule has 0 bridgehead atoms. The van der Waals surface area contributed by atoms with Gasteiger partial charge in [-0.05, 0) is 49.9 Å². The zero-order valence-corrected chi connectivity index (χ0v) is 12.1. The molecule has 1 aromatic rings. The maximum atomic E-state index is 13.0. The molecule has 0 aliphatic carbocycles. The number of likely N-dealkylation sites (tertiary alicyclic amines) is 1. The van der Waals surface area contributed by atoms with Crippen LogP contribution < -0.4 is 5.73 Å². The number of rotatable bonds is 4. The summed E-state index contributed by atoms with van der Waals surface area (Å²) in [6, 6.07) is 7.45. The molecule has 0 spiro atoms. The van der Waals surface area contributed by atoms with Gasteiger partial charge in [-0.2, -0.15) is 0 Å². The smallest absolute Gasteiger partial charge is 0.123 e. The molecule has 1 fully saturated rings. The maximum Gasteiger partial charge on any atom is 0.123 e. The predicted molar refractivity (Wildman–Crippen MR) is 77.4 cm³/mol. The van der Waals surface area contributed by atoms with E-state index in [4.69, 9.17) is 5.73 Å². The summed E-state index contributed by atoms with van der Waals surface area (Å²) in [5.74, 6) is 0.454. The fourth-order valence-corrected chi connectivity index (χ4v) is 3.21. The van der Waals surface area contributed by atoms with Crippen LogP contribution in [0.3, 0.4) is 0 Å². The third kappa shape index (κ3) is 3.15. The van der Waals surface area contributed by atoms with Crippen LogP contribution in [0.5, 0.6) is 0 Å². The van der Waals surface area contributed by atoms with E-state index in [-0.39, 0.29) is 11.9 Å². The Bertz CT molecular complexity index is 402. The van der Waals surface area contributed by atoms with Crippen LogP contribution in [0, 0.1) is 11.7 Å². The van der Waals surface area contributed by atoms with E-state index >= 15 is 0 Å². The van der Waals surface area contributed by atoms with E-state index in [1.165, 1.54) is 25.0 Å². The molecule has 1 aromatic carbocycles. The molecule has 2 rings (SSSR count). The molecule has 19 heavy (non-hydrogen) atoms. The van der Waals surface area contributed by atoms with Crippen molar-refractivity contribution in [2.24, 2.45) is 11.7 Å². The summed E-state index contributed by atoms with van der Waals surface area (Å²) in [6.45, 7) is 7.87. The van der Waals surface area contributed by atoms with Crippen molar-refractivity contribution >= 4 is 0 Å². The average Bonchev–Trinajstić information content (AvgIpc) is 2.87. The fraction of sp³-hybridized carbons (Fsp3) is 0.625. The lowest BCUT2D eigenvalue weighted by atomic mass is 9.96. The first-order valence-corrected chi connectivity index (χ1v) is 7.27. The van der Waals surface area contributed by atoms with Crippen LogP contribution in [0.2, 0.25) is 0 Å². The molecule has 3 heteroatoms. The molecule has 3 unspecified atom stereocenters. The van der Waals surface area contributed by atoms with Gasteiger partial charge in [-0.25, -0.2) is 4.39 Å². The molecule has 0 amide bonds. The Morgan fingerprint density at radius 2 is 1.84 bits per heavy atom. The summed E-state index contributed by atoms with van der Waals surface area (Å²) in [4.78, 5) is 2.53. The summed E-state index contributed by atoms with van der Waals surface area (Å²) >= 11 is 0. The minimum absolute atomic E-state index is 0.0556. The lowest BCUT2D eigenvalue weighted by molar-refractivity contribution is 0.137. The van der Waals surface area contributed by atoms with Gasteiger partial charge in [0.1, 0.15) is 5.82 Å². The minimum Gasteiger partial charge on any atom is -0.323 e. The highest BCUT2D eigenvalue weighted by Gasteiger charge is 2.33. The van der Waals surface area contributed by atoms with Crippen molar-refractivity contribution in [3.05, 3.63) is 35.6 Å². The molecular weight excluding hydrogens is 239 g/mol. The third-order valence-electron chi connectivity index (χ3n) is 4.41. The van der Waals surface area contributed by atoms with Gasteiger partial charge in [0, 0.05) is 18.1 Å². The molecular formula is C16H25FN2. The van der Waals surface area contributed by atoms with Crippen molar-refractivity contribution in [2.75, 3.05) is 6.54 Å². The van der Waals surface area contributed by atoms with Gasteiger partial charge >= 0.3 is 0 Å². The lowest BCUT2D eigenvalue weighted by Crippen LogP contribution is -2.45. The third-order valence-corrected chi connectivity index (χ3v) is 4.41. The second-order valence-electron chi connectivity index (χ2n) is 6.01. The fourth-order valence-electron chi connectivity index (χ4n) is 3.21. The van der Waals surface area contributed by atoms with Gasteiger partial charge < -0.3 is 5.73 Å². The van der Waals surface area contributed by atoms with Gasteiger partial charge in [-0.3, -0.25) is 4.90 Å². The van der Waals surface area contributed by atoms with Crippen molar-refractivity contribution in [3.63, 3.8) is 0 Å². The van der Waals surface area contributed by atoms with Gasteiger partial charge in [0.25, 0.3) is 0 Å². The Hall–Kier alpha value is -0.930. The first-order chi connectivity index (χ1) is 9.00. The van der Waals surface area contributed by atoms with Crippen molar-refractivity contribution in [3.8, 4) is 0 Å². The van der Waals surface area contributed by atoms with Crippen LogP contribution >= 0.6 is 0 Å². The summed E-state index contributed by atoms with van der Waals surface area (Å²) < 4.78 is 13.0. The van der Waals surface area contributed by atoms with E-state index in [2.05, 4.69) is 25.7 Å². The van der Waals surface area contributed by atoms with Crippen molar-refractivity contribution in [1.29, 1.82) is 0 Å². The zero-order valence-electron chi connectivity index (χ0n) is 12.1. The molecule has 0 aromatic heterocycles. The standard InChI is InChI=1S/C16H25FN2/c1-11(2)15-5-4-10-19(15)12(3)16(18)13-6-8-14(17)9-7-13/h6-9,11-12,15-16H,4-5,10,18H2,1-3H3. The van der Waals surface area contributed by atoms with Gasteiger partial charge in [0.2, 0.25) is 0 Å². The van der Waals surface area contributed by atoms with E-state index in [0.29, 0.717) is 18.0 Å². The van der Waals surface area contributed by atoms with E-state index in [0.717, 1.165) is 12.1 Å². The molecule has 106 valence electrons. The predicted octanol–water partition coefficient (Wildman–Crippen LogP) is 3.33. The van der Waals surface area contributed by atoms with E-state index in [9.17, 15) is 4.39 Å². The highest BCUT2D eigenvalue weighted by molar-refractivity contribution is 5.21. The Balaban J connectivity index is 2.10. The number of halogens is 1. The summed E-state index contributed by atoms with van der Waals surface area (Å²) in [7, 11) is 0. The second kappa shape index (κ2) is 6.02. The van der Waals surface area contributed by atoms with Crippen molar-refractivity contribution in [1.82, 2.24) is 4.90 Å². The van der Waals surface area contributed by atoms with Crippen LogP contribution in [0.4, 0.5) is 4.39 Å². The summed E-state index contributed by atoms with van der Waals surface area (Å²) in [6.07, 6.45) is 2.52.